The van der Waals surface area contributed by atoms with Crippen molar-refractivity contribution in [2.24, 2.45) is 5.92 Å². The molecule has 0 saturated carbocycles. The summed E-state index contributed by atoms with van der Waals surface area (Å²) < 4.78 is 0. The zero-order valence-corrected chi connectivity index (χ0v) is 20.1. The summed E-state index contributed by atoms with van der Waals surface area (Å²) in [6, 6.07) is 13.7. The first-order valence-corrected chi connectivity index (χ1v) is 11.6. The van der Waals surface area contributed by atoms with E-state index in [1.165, 1.54) is 10.9 Å². The molecule has 3 rings (SSSR count). The number of hydrogen-bond acceptors (Lipinski definition) is 2. The summed E-state index contributed by atoms with van der Waals surface area (Å²) in [5.74, 6) is 3.14. The van der Waals surface area contributed by atoms with Crippen molar-refractivity contribution >= 4 is 40.0 Å². The van der Waals surface area contributed by atoms with Gasteiger partial charge in [-0.05, 0) is 41.7 Å². The largest absolute Gasteiger partial charge is 0.361 e. The minimum atomic E-state index is 0.0480. The molecule has 0 aliphatic heterocycles. The summed E-state index contributed by atoms with van der Waals surface area (Å²) in [6.45, 7) is 6.82. The topological polar surface area (TPSA) is 39.3 Å². The smallest absolute Gasteiger partial charge is 0.237 e. The van der Waals surface area contributed by atoms with E-state index in [0.29, 0.717) is 35.6 Å². The Labute approximate surface area is 200 Å². The summed E-state index contributed by atoms with van der Waals surface area (Å²) in [4.78, 5) is 20.6. The third-order valence-electron chi connectivity index (χ3n) is 5.33. The second-order valence-electron chi connectivity index (χ2n) is 8.44. The van der Waals surface area contributed by atoms with Crippen LogP contribution in [0.1, 0.15) is 25.0 Å². The molecule has 168 valence electrons. The number of fused-ring (bicyclic) bond motifs is 1. The van der Waals surface area contributed by atoms with Gasteiger partial charge in [0.1, 0.15) is 0 Å². The predicted octanol–water partition coefficient (Wildman–Crippen LogP) is 5.64. The van der Waals surface area contributed by atoms with Gasteiger partial charge in [0.15, 0.2) is 0 Å². The van der Waals surface area contributed by atoms with E-state index in [-0.39, 0.29) is 12.5 Å². The molecule has 32 heavy (non-hydrogen) atoms. The average molecular weight is 470 g/mol. The fourth-order valence-electron chi connectivity index (χ4n) is 3.87. The SMILES string of the molecule is C#CCN(CC(=O)N(CCc1c[nH]c2ccccc12)Cc1ccc(Cl)c(Cl)c1)CC(C)C. The maximum atomic E-state index is 13.3. The van der Waals surface area contributed by atoms with Gasteiger partial charge in [-0.2, -0.15) is 0 Å². The summed E-state index contributed by atoms with van der Waals surface area (Å²) in [7, 11) is 0. The molecule has 0 spiro atoms. The maximum absolute atomic E-state index is 13.3. The Morgan fingerprint density at radius 1 is 1.16 bits per heavy atom. The number of rotatable bonds is 10. The number of aromatic amines is 1. The molecule has 2 aromatic carbocycles. The van der Waals surface area contributed by atoms with Crippen LogP contribution in [0.3, 0.4) is 0 Å². The first-order valence-electron chi connectivity index (χ1n) is 10.8. The van der Waals surface area contributed by atoms with Crippen LogP contribution in [0.25, 0.3) is 10.9 Å². The van der Waals surface area contributed by atoms with E-state index in [4.69, 9.17) is 29.6 Å². The molecule has 3 aromatic rings. The Kier molecular flexibility index (Phi) is 8.64. The molecule has 1 amide bonds. The zero-order valence-electron chi connectivity index (χ0n) is 18.6. The highest BCUT2D eigenvalue weighted by Crippen LogP contribution is 2.24. The number of para-hydroxylation sites is 1. The molecule has 4 nitrogen and oxygen atoms in total. The van der Waals surface area contributed by atoms with Gasteiger partial charge in [-0.1, -0.05) is 67.2 Å². The number of benzene rings is 2. The van der Waals surface area contributed by atoms with Gasteiger partial charge in [0, 0.05) is 36.7 Å². The van der Waals surface area contributed by atoms with Gasteiger partial charge in [0.05, 0.1) is 23.1 Å². The lowest BCUT2D eigenvalue weighted by Gasteiger charge is -2.28. The van der Waals surface area contributed by atoms with Gasteiger partial charge in [0.2, 0.25) is 5.91 Å². The molecule has 0 fully saturated rings. The van der Waals surface area contributed by atoms with E-state index in [2.05, 4.69) is 36.9 Å². The molecule has 0 aliphatic carbocycles. The zero-order chi connectivity index (χ0) is 23.1. The Bertz CT molecular complexity index is 1100. The number of nitrogens with one attached hydrogen (secondary N) is 1. The monoisotopic (exact) mass is 469 g/mol. The summed E-state index contributed by atoms with van der Waals surface area (Å²) in [6.07, 6.45) is 8.31. The summed E-state index contributed by atoms with van der Waals surface area (Å²) in [5, 5.41) is 2.18. The van der Waals surface area contributed by atoms with E-state index >= 15 is 0 Å². The average Bonchev–Trinajstić information content (AvgIpc) is 3.16. The van der Waals surface area contributed by atoms with E-state index in [9.17, 15) is 4.79 Å². The highest BCUT2D eigenvalue weighted by atomic mass is 35.5. The Hall–Kier alpha value is -2.45. The quantitative estimate of drug-likeness (QED) is 0.390. The third-order valence-corrected chi connectivity index (χ3v) is 6.07. The second-order valence-corrected chi connectivity index (χ2v) is 9.26. The highest BCUT2D eigenvalue weighted by molar-refractivity contribution is 6.42. The predicted molar refractivity (Wildman–Crippen MR) is 134 cm³/mol. The van der Waals surface area contributed by atoms with E-state index < -0.39 is 0 Å². The van der Waals surface area contributed by atoms with Gasteiger partial charge < -0.3 is 9.88 Å². The van der Waals surface area contributed by atoms with E-state index in [1.54, 1.807) is 6.07 Å². The molecular formula is C26H29Cl2N3O. The van der Waals surface area contributed by atoms with Gasteiger partial charge in [-0.3, -0.25) is 9.69 Å². The van der Waals surface area contributed by atoms with Crippen LogP contribution in [0, 0.1) is 18.3 Å². The molecule has 1 aromatic heterocycles. The lowest BCUT2D eigenvalue weighted by atomic mass is 10.1. The van der Waals surface area contributed by atoms with Crippen LogP contribution in [-0.4, -0.2) is 46.9 Å². The number of carbonyl (C=O) groups excluding carboxylic acids is 1. The van der Waals surface area contributed by atoms with Crippen molar-refractivity contribution in [1.82, 2.24) is 14.8 Å². The molecule has 0 bridgehead atoms. The summed E-state index contributed by atoms with van der Waals surface area (Å²) in [5.41, 5.74) is 3.23. The lowest BCUT2D eigenvalue weighted by Crippen LogP contribution is -2.42. The van der Waals surface area contributed by atoms with Crippen molar-refractivity contribution in [2.45, 2.75) is 26.8 Å². The van der Waals surface area contributed by atoms with Crippen molar-refractivity contribution in [3.63, 3.8) is 0 Å². The number of carbonyl (C=O) groups is 1. The second kappa shape index (κ2) is 11.4. The van der Waals surface area contributed by atoms with Crippen LogP contribution >= 0.6 is 23.2 Å². The van der Waals surface area contributed by atoms with Crippen LogP contribution in [0.2, 0.25) is 10.0 Å². The molecule has 0 atom stereocenters. The first-order chi connectivity index (χ1) is 15.4. The number of amides is 1. The van der Waals surface area contributed by atoms with E-state index in [1.807, 2.05) is 40.3 Å². The number of terminal acetylenes is 1. The number of aromatic nitrogens is 1. The van der Waals surface area contributed by atoms with Crippen molar-refractivity contribution in [2.75, 3.05) is 26.2 Å². The molecule has 1 N–H and O–H groups in total. The van der Waals surface area contributed by atoms with Gasteiger partial charge in [-0.25, -0.2) is 0 Å². The molecule has 0 saturated heterocycles. The molecule has 0 unspecified atom stereocenters. The fourth-order valence-corrected chi connectivity index (χ4v) is 4.19. The van der Waals surface area contributed by atoms with Gasteiger partial charge in [-0.15, -0.1) is 6.42 Å². The molecule has 0 aliphatic rings. The summed E-state index contributed by atoms with van der Waals surface area (Å²) >= 11 is 12.3. The number of H-pyrrole nitrogens is 1. The molecule has 0 radical (unpaired) electrons. The van der Waals surface area contributed by atoms with Crippen molar-refractivity contribution in [1.29, 1.82) is 0 Å². The minimum Gasteiger partial charge on any atom is -0.361 e. The van der Waals surface area contributed by atoms with Gasteiger partial charge >= 0.3 is 0 Å². The minimum absolute atomic E-state index is 0.0480. The van der Waals surface area contributed by atoms with Crippen LogP contribution < -0.4 is 0 Å². The van der Waals surface area contributed by atoms with Crippen molar-refractivity contribution in [3.05, 3.63) is 69.8 Å². The third kappa shape index (κ3) is 6.53. The Morgan fingerprint density at radius 2 is 1.94 bits per heavy atom. The maximum Gasteiger partial charge on any atom is 0.237 e. The normalized spacial score (nSPS) is 11.3. The Balaban J connectivity index is 1.78. The fraction of sp³-hybridized carbons (Fsp3) is 0.346. The van der Waals surface area contributed by atoms with Crippen LogP contribution in [-0.2, 0) is 17.8 Å². The van der Waals surface area contributed by atoms with Gasteiger partial charge in [0.25, 0.3) is 0 Å². The number of halogens is 2. The molecule has 1 heterocycles. The highest BCUT2D eigenvalue weighted by Gasteiger charge is 2.19. The van der Waals surface area contributed by atoms with Crippen molar-refractivity contribution < 1.29 is 4.79 Å². The van der Waals surface area contributed by atoms with Crippen LogP contribution in [0.5, 0.6) is 0 Å². The van der Waals surface area contributed by atoms with Crippen LogP contribution in [0.15, 0.2) is 48.7 Å². The number of nitrogens with zero attached hydrogens (tertiary/aromatic N) is 2. The van der Waals surface area contributed by atoms with E-state index in [0.717, 1.165) is 24.0 Å². The molecule has 6 heteroatoms. The number of hydrogen-bond donors (Lipinski definition) is 1. The van der Waals surface area contributed by atoms with Crippen LogP contribution in [0.4, 0.5) is 0 Å². The molecular weight excluding hydrogens is 441 g/mol. The Morgan fingerprint density at radius 3 is 2.66 bits per heavy atom. The lowest BCUT2D eigenvalue weighted by molar-refractivity contribution is -0.133. The first kappa shape index (κ1) is 24.2. The standard InChI is InChI=1S/C26H29Cl2N3O/c1-4-12-30(16-19(2)3)18-26(32)31(17-20-9-10-23(27)24(28)14-20)13-11-21-15-29-25-8-6-5-7-22(21)25/h1,5-10,14-15,19,29H,11-13,16-18H2,2-3H3. The van der Waals surface area contributed by atoms with Crippen molar-refractivity contribution in [3.8, 4) is 12.3 Å².